The summed E-state index contributed by atoms with van der Waals surface area (Å²) in [5.41, 5.74) is 1.65. The van der Waals surface area contributed by atoms with E-state index in [-0.39, 0.29) is 11.7 Å². The van der Waals surface area contributed by atoms with Gasteiger partial charge >= 0.3 is 0 Å². The highest BCUT2D eigenvalue weighted by Crippen LogP contribution is 2.23. The van der Waals surface area contributed by atoms with Crippen molar-refractivity contribution in [2.45, 2.75) is 6.42 Å². The van der Waals surface area contributed by atoms with E-state index >= 15 is 0 Å². The molecule has 2 aromatic rings. The molecule has 0 aromatic heterocycles. The van der Waals surface area contributed by atoms with Crippen LogP contribution in [0.5, 0.6) is 0 Å². The van der Waals surface area contributed by atoms with E-state index in [0.717, 1.165) is 16.1 Å². The molecule has 8 heteroatoms. The predicted octanol–water partition coefficient (Wildman–Crippen LogP) is 2.96. The zero-order chi connectivity index (χ0) is 18.6. The maximum Gasteiger partial charge on any atom is 0.251 e. The SMILES string of the molecule is CN(c1cc(Br)cc(C(=O)NCCc2ccc(F)cc2)c1)S(C)(=O)=O. The van der Waals surface area contributed by atoms with E-state index in [0.29, 0.717) is 28.7 Å². The van der Waals surface area contributed by atoms with E-state index in [1.54, 1.807) is 24.3 Å². The zero-order valence-electron chi connectivity index (χ0n) is 13.8. The van der Waals surface area contributed by atoms with Gasteiger partial charge in [-0.15, -0.1) is 0 Å². The number of amides is 1. The van der Waals surface area contributed by atoms with Gasteiger partial charge in [-0.05, 0) is 42.3 Å². The molecule has 1 amide bonds. The molecule has 2 rings (SSSR count). The van der Waals surface area contributed by atoms with Crippen molar-refractivity contribution in [3.63, 3.8) is 0 Å². The smallest absolute Gasteiger partial charge is 0.251 e. The molecule has 0 spiro atoms. The van der Waals surface area contributed by atoms with Crippen LogP contribution in [0.2, 0.25) is 0 Å². The van der Waals surface area contributed by atoms with Crippen molar-refractivity contribution in [1.82, 2.24) is 5.32 Å². The summed E-state index contributed by atoms with van der Waals surface area (Å²) in [5, 5.41) is 2.77. The summed E-state index contributed by atoms with van der Waals surface area (Å²) >= 11 is 3.29. The number of anilines is 1. The van der Waals surface area contributed by atoms with Crippen molar-refractivity contribution in [3.8, 4) is 0 Å². The molecule has 2 aromatic carbocycles. The van der Waals surface area contributed by atoms with Crippen molar-refractivity contribution in [2.75, 3.05) is 24.2 Å². The molecule has 0 aliphatic heterocycles. The molecule has 0 saturated heterocycles. The van der Waals surface area contributed by atoms with Crippen LogP contribution in [0, 0.1) is 5.82 Å². The number of rotatable bonds is 6. The lowest BCUT2D eigenvalue weighted by atomic mass is 10.1. The minimum atomic E-state index is -3.42. The number of carbonyl (C=O) groups excluding carboxylic acids is 1. The number of carbonyl (C=O) groups is 1. The van der Waals surface area contributed by atoms with Crippen molar-refractivity contribution >= 4 is 37.5 Å². The Kier molecular flexibility index (Phi) is 6.18. The van der Waals surface area contributed by atoms with E-state index in [1.807, 2.05) is 0 Å². The van der Waals surface area contributed by atoms with Crippen LogP contribution in [0.4, 0.5) is 10.1 Å². The monoisotopic (exact) mass is 428 g/mol. The van der Waals surface area contributed by atoms with Gasteiger partial charge in [-0.3, -0.25) is 9.10 Å². The molecule has 25 heavy (non-hydrogen) atoms. The first-order chi connectivity index (χ1) is 11.7. The van der Waals surface area contributed by atoms with Gasteiger partial charge in [0, 0.05) is 23.6 Å². The van der Waals surface area contributed by atoms with Crippen LogP contribution in [0.1, 0.15) is 15.9 Å². The first-order valence-corrected chi connectivity index (χ1v) is 10.1. The fourth-order valence-electron chi connectivity index (χ4n) is 2.15. The first kappa shape index (κ1) is 19.4. The molecule has 0 saturated carbocycles. The number of sulfonamides is 1. The molecule has 134 valence electrons. The van der Waals surface area contributed by atoms with E-state index in [2.05, 4.69) is 21.2 Å². The Labute approximate surface area is 155 Å². The number of benzene rings is 2. The maximum atomic E-state index is 12.9. The molecule has 0 heterocycles. The van der Waals surface area contributed by atoms with Crippen LogP contribution >= 0.6 is 15.9 Å². The largest absolute Gasteiger partial charge is 0.352 e. The fraction of sp³-hybridized carbons (Fsp3) is 0.235. The molecular weight excluding hydrogens is 411 g/mol. The Morgan fingerprint density at radius 2 is 1.84 bits per heavy atom. The molecule has 0 radical (unpaired) electrons. The molecule has 0 fully saturated rings. The zero-order valence-corrected chi connectivity index (χ0v) is 16.2. The van der Waals surface area contributed by atoms with Crippen molar-refractivity contribution in [2.24, 2.45) is 0 Å². The Morgan fingerprint density at radius 1 is 1.20 bits per heavy atom. The molecule has 0 unspecified atom stereocenters. The van der Waals surface area contributed by atoms with Crippen molar-refractivity contribution < 1.29 is 17.6 Å². The summed E-state index contributed by atoms with van der Waals surface area (Å²) < 4.78 is 37.9. The summed E-state index contributed by atoms with van der Waals surface area (Å²) in [6.07, 6.45) is 1.66. The van der Waals surface area contributed by atoms with Gasteiger partial charge in [-0.2, -0.15) is 0 Å². The van der Waals surface area contributed by atoms with Crippen LogP contribution in [0.15, 0.2) is 46.9 Å². The second kappa shape index (κ2) is 7.97. The maximum absolute atomic E-state index is 12.9. The van der Waals surface area contributed by atoms with E-state index < -0.39 is 10.0 Å². The standard InChI is InChI=1S/C17H18BrFN2O3S/c1-21(25(2,23)24)16-10-13(9-14(18)11-16)17(22)20-8-7-12-3-5-15(19)6-4-12/h3-6,9-11H,7-8H2,1-2H3,(H,20,22). The van der Waals surface area contributed by atoms with Gasteiger partial charge in [0.05, 0.1) is 11.9 Å². The van der Waals surface area contributed by atoms with E-state index in [1.165, 1.54) is 25.2 Å². The van der Waals surface area contributed by atoms with E-state index in [9.17, 15) is 17.6 Å². The Hall–Kier alpha value is -1.93. The molecule has 5 nitrogen and oxygen atoms in total. The first-order valence-electron chi connectivity index (χ1n) is 7.44. The molecule has 0 aliphatic carbocycles. The lowest BCUT2D eigenvalue weighted by Crippen LogP contribution is -2.27. The second-order valence-electron chi connectivity index (χ2n) is 5.56. The Balaban J connectivity index is 2.06. The van der Waals surface area contributed by atoms with Gasteiger partial charge in [0.1, 0.15) is 5.82 Å². The average Bonchev–Trinajstić information content (AvgIpc) is 2.54. The quantitative estimate of drug-likeness (QED) is 0.768. The topological polar surface area (TPSA) is 66.5 Å². The Bertz CT molecular complexity index is 870. The number of nitrogens with one attached hydrogen (secondary N) is 1. The minimum Gasteiger partial charge on any atom is -0.352 e. The third-order valence-electron chi connectivity index (χ3n) is 3.62. The van der Waals surface area contributed by atoms with Crippen molar-refractivity contribution in [3.05, 3.63) is 63.9 Å². The summed E-state index contributed by atoms with van der Waals surface area (Å²) in [5.74, 6) is -0.615. The van der Waals surface area contributed by atoms with E-state index in [4.69, 9.17) is 0 Å². The molecule has 0 aliphatic rings. The highest BCUT2D eigenvalue weighted by atomic mass is 79.9. The fourth-order valence-corrected chi connectivity index (χ4v) is 3.12. The molecular formula is C17H18BrFN2O3S. The van der Waals surface area contributed by atoms with Gasteiger partial charge in [0.25, 0.3) is 5.91 Å². The molecule has 0 bridgehead atoms. The second-order valence-corrected chi connectivity index (χ2v) is 8.49. The molecule has 1 N–H and O–H groups in total. The Morgan fingerprint density at radius 3 is 2.44 bits per heavy atom. The van der Waals surface area contributed by atoms with Crippen LogP contribution < -0.4 is 9.62 Å². The average molecular weight is 429 g/mol. The molecule has 0 atom stereocenters. The number of halogens is 2. The highest BCUT2D eigenvalue weighted by molar-refractivity contribution is 9.10. The predicted molar refractivity (Wildman–Crippen MR) is 99.8 cm³/mol. The van der Waals surface area contributed by atoms with Crippen LogP contribution in [0.25, 0.3) is 0 Å². The van der Waals surface area contributed by atoms with Gasteiger partial charge in [-0.25, -0.2) is 12.8 Å². The van der Waals surface area contributed by atoms with Crippen LogP contribution in [-0.4, -0.2) is 34.2 Å². The lowest BCUT2D eigenvalue weighted by molar-refractivity contribution is 0.0954. The third-order valence-corrected chi connectivity index (χ3v) is 5.28. The van der Waals surface area contributed by atoms with Gasteiger partial charge in [0.2, 0.25) is 10.0 Å². The normalized spacial score (nSPS) is 11.2. The van der Waals surface area contributed by atoms with Crippen molar-refractivity contribution in [1.29, 1.82) is 0 Å². The minimum absolute atomic E-state index is 0.301. The number of hydrogen-bond donors (Lipinski definition) is 1. The third kappa shape index (κ3) is 5.54. The lowest BCUT2D eigenvalue weighted by Gasteiger charge is -2.18. The number of nitrogens with zero attached hydrogens (tertiary/aromatic N) is 1. The highest BCUT2D eigenvalue weighted by Gasteiger charge is 2.15. The summed E-state index contributed by atoms with van der Waals surface area (Å²) in [6.45, 7) is 0.383. The number of hydrogen-bond acceptors (Lipinski definition) is 3. The summed E-state index contributed by atoms with van der Waals surface area (Å²) in [7, 11) is -2.00. The van der Waals surface area contributed by atoms with Crippen LogP contribution in [-0.2, 0) is 16.4 Å². The van der Waals surface area contributed by atoms with Crippen LogP contribution in [0.3, 0.4) is 0 Å². The van der Waals surface area contributed by atoms with Gasteiger partial charge in [-0.1, -0.05) is 28.1 Å². The summed E-state index contributed by atoms with van der Waals surface area (Å²) in [4.78, 5) is 12.3. The summed E-state index contributed by atoms with van der Waals surface area (Å²) in [6, 6.07) is 10.8. The van der Waals surface area contributed by atoms with Gasteiger partial charge in [0.15, 0.2) is 0 Å². The van der Waals surface area contributed by atoms with Gasteiger partial charge < -0.3 is 5.32 Å².